The van der Waals surface area contributed by atoms with Gasteiger partial charge in [0.05, 0.1) is 33.5 Å². The molecule has 1 aromatic carbocycles. The van der Waals surface area contributed by atoms with Gasteiger partial charge in [-0.2, -0.15) is 0 Å². The van der Waals surface area contributed by atoms with E-state index in [0.29, 0.717) is 25.1 Å². The lowest BCUT2D eigenvalue weighted by molar-refractivity contribution is 0.0903. The van der Waals surface area contributed by atoms with Crippen LogP contribution >= 0.6 is 11.6 Å². The molecule has 9 nitrogen and oxygen atoms in total. The lowest BCUT2D eigenvalue weighted by Crippen LogP contribution is -2.39. The lowest BCUT2D eigenvalue weighted by Gasteiger charge is -2.29. The summed E-state index contributed by atoms with van der Waals surface area (Å²) in [6.07, 6.45) is 2.50. The van der Waals surface area contributed by atoms with Crippen molar-refractivity contribution in [3.05, 3.63) is 86.8 Å². The Balaban J connectivity index is 1.33. The molecule has 0 unspecified atom stereocenters. The van der Waals surface area contributed by atoms with Crippen molar-refractivity contribution in [1.82, 2.24) is 29.7 Å². The summed E-state index contributed by atoms with van der Waals surface area (Å²) in [5.41, 5.74) is 2.33. The number of pyridine rings is 2. The van der Waals surface area contributed by atoms with Crippen LogP contribution in [-0.4, -0.2) is 44.0 Å². The van der Waals surface area contributed by atoms with Crippen molar-refractivity contribution in [3.63, 3.8) is 0 Å². The number of amides is 2. The molecule has 1 aliphatic rings. The van der Waals surface area contributed by atoms with Crippen LogP contribution in [0.2, 0.25) is 5.02 Å². The number of hydrogen-bond donors (Lipinski definition) is 2. The highest BCUT2D eigenvalue weighted by Crippen LogP contribution is 2.29. The molecule has 1 aliphatic carbocycles. The number of imidazole rings is 1. The zero-order chi connectivity index (χ0) is 29.3. The quantitative estimate of drug-likeness (QED) is 0.324. The number of fused-ring (bicyclic) bond motifs is 1. The summed E-state index contributed by atoms with van der Waals surface area (Å²) in [5.74, 6) is -0.755. The van der Waals surface area contributed by atoms with Gasteiger partial charge in [0.15, 0.2) is 0 Å². The van der Waals surface area contributed by atoms with E-state index in [1.807, 2.05) is 25.1 Å². The van der Waals surface area contributed by atoms with Gasteiger partial charge in [0.1, 0.15) is 11.4 Å². The highest BCUT2D eigenvalue weighted by Gasteiger charge is 2.27. The zero-order valence-corrected chi connectivity index (χ0v) is 23.3. The highest BCUT2D eigenvalue weighted by atomic mass is 35.5. The largest absolute Gasteiger partial charge is 0.354 e. The van der Waals surface area contributed by atoms with Gasteiger partial charge in [-0.1, -0.05) is 23.7 Å². The Kier molecular flexibility index (Phi) is 8.16. The minimum Gasteiger partial charge on any atom is -0.354 e. The fourth-order valence-corrected chi connectivity index (χ4v) is 5.67. The van der Waals surface area contributed by atoms with Crippen LogP contribution in [0, 0.1) is 12.8 Å². The van der Waals surface area contributed by atoms with Crippen LogP contribution in [0.3, 0.4) is 0 Å². The number of alkyl halides is 2. The third-order valence-electron chi connectivity index (χ3n) is 7.57. The van der Waals surface area contributed by atoms with Crippen LogP contribution in [0.4, 0.5) is 8.78 Å². The van der Waals surface area contributed by atoms with Crippen molar-refractivity contribution in [1.29, 1.82) is 0 Å². The van der Waals surface area contributed by atoms with Gasteiger partial charge in [0.2, 0.25) is 0 Å². The van der Waals surface area contributed by atoms with Crippen LogP contribution in [-0.2, 0) is 6.54 Å². The number of rotatable bonds is 7. The van der Waals surface area contributed by atoms with Crippen molar-refractivity contribution in [2.75, 3.05) is 7.05 Å². The van der Waals surface area contributed by atoms with Gasteiger partial charge in [-0.15, -0.1) is 0 Å². The molecule has 4 aromatic rings. The van der Waals surface area contributed by atoms with E-state index in [-0.39, 0.29) is 39.8 Å². The molecule has 0 radical (unpaired) electrons. The van der Waals surface area contributed by atoms with Gasteiger partial charge in [-0.05, 0) is 68.4 Å². The molecular formula is C29H29ClF2N6O3. The van der Waals surface area contributed by atoms with Crippen LogP contribution < -0.4 is 16.3 Å². The average Bonchev–Trinajstić information content (AvgIpc) is 3.25. The maximum atomic E-state index is 13.8. The number of hydrogen-bond acceptors (Lipinski definition) is 5. The van der Waals surface area contributed by atoms with Gasteiger partial charge in [0, 0.05) is 25.8 Å². The van der Waals surface area contributed by atoms with E-state index in [1.165, 1.54) is 19.3 Å². The third-order valence-corrected chi connectivity index (χ3v) is 7.78. The minimum absolute atomic E-state index is 0.112. The molecule has 1 fully saturated rings. The van der Waals surface area contributed by atoms with Crippen molar-refractivity contribution in [2.24, 2.45) is 5.92 Å². The van der Waals surface area contributed by atoms with Crippen molar-refractivity contribution < 1.29 is 18.4 Å². The fraction of sp³-hybridized carbons (Fsp3) is 0.345. The van der Waals surface area contributed by atoms with Crippen molar-refractivity contribution in [3.8, 4) is 5.69 Å². The van der Waals surface area contributed by atoms with E-state index in [1.54, 1.807) is 21.3 Å². The molecule has 3 aromatic heterocycles. The Morgan fingerprint density at radius 1 is 1.07 bits per heavy atom. The second-order valence-corrected chi connectivity index (χ2v) is 10.7. The topological polar surface area (TPSA) is 111 Å². The standard InChI is InChI=1S/C29H29ClF2N6O3/c1-16-4-3-5-23-25(16)37(29(41)38(23)20-10-11-22(34-14-20)28(40)33-2)15-17-6-8-19(9-7-17)36-27(39)21-12-18(30)13-35-24(21)26(31)32/h3-5,10-14,17,19,26H,6-9,15H2,1-2H3,(H,33,40)(H,36,39)/t17-,19-. The first-order chi connectivity index (χ1) is 19.7. The molecule has 12 heteroatoms. The molecule has 0 saturated heterocycles. The van der Waals surface area contributed by atoms with Crippen molar-refractivity contribution in [2.45, 2.75) is 51.6 Å². The molecule has 0 spiro atoms. The summed E-state index contributed by atoms with van der Waals surface area (Å²) in [4.78, 5) is 46.3. The number of nitrogens with zero attached hydrogens (tertiary/aromatic N) is 4. The van der Waals surface area contributed by atoms with E-state index in [2.05, 4.69) is 20.6 Å². The summed E-state index contributed by atoms with van der Waals surface area (Å²) in [5, 5.41) is 5.50. The number of nitrogens with one attached hydrogen (secondary N) is 2. The fourth-order valence-electron chi connectivity index (χ4n) is 5.51. The first-order valence-corrected chi connectivity index (χ1v) is 13.7. The van der Waals surface area contributed by atoms with Crippen LogP contribution in [0.25, 0.3) is 16.7 Å². The zero-order valence-electron chi connectivity index (χ0n) is 22.5. The number of aromatic nitrogens is 4. The van der Waals surface area contributed by atoms with E-state index in [0.717, 1.165) is 35.6 Å². The summed E-state index contributed by atoms with van der Waals surface area (Å²) < 4.78 is 30.1. The first kappa shape index (κ1) is 28.4. The average molecular weight is 583 g/mol. The van der Waals surface area contributed by atoms with Gasteiger partial charge in [-0.25, -0.2) is 18.6 Å². The predicted molar refractivity (Wildman–Crippen MR) is 151 cm³/mol. The number of benzene rings is 1. The Morgan fingerprint density at radius 2 is 1.83 bits per heavy atom. The molecule has 214 valence electrons. The predicted octanol–water partition coefficient (Wildman–Crippen LogP) is 4.83. The highest BCUT2D eigenvalue weighted by molar-refractivity contribution is 6.30. The summed E-state index contributed by atoms with van der Waals surface area (Å²) in [6.45, 7) is 2.45. The summed E-state index contributed by atoms with van der Waals surface area (Å²) in [6, 6.07) is 10.0. The Bertz CT molecular complexity index is 1660. The molecule has 0 bridgehead atoms. The maximum absolute atomic E-state index is 13.8. The van der Waals surface area contributed by atoms with Crippen LogP contribution in [0.15, 0.2) is 53.6 Å². The number of para-hydroxylation sites is 1. The first-order valence-electron chi connectivity index (χ1n) is 13.3. The molecule has 2 N–H and O–H groups in total. The summed E-state index contributed by atoms with van der Waals surface area (Å²) in [7, 11) is 1.53. The second-order valence-electron chi connectivity index (χ2n) is 10.2. The molecular weight excluding hydrogens is 554 g/mol. The van der Waals surface area contributed by atoms with E-state index in [9.17, 15) is 23.2 Å². The van der Waals surface area contributed by atoms with Gasteiger partial charge >= 0.3 is 5.69 Å². The number of aryl methyl sites for hydroxylation is 1. The molecule has 2 amide bonds. The molecule has 0 atom stereocenters. The van der Waals surface area contributed by atoms with Gasteiger partial charge < -0.3 is 10.6 Å². The van der Waals surface area contributed by atoms with Crippen LogP contribution in [0.5, 0.6) is 0 Å². The monoisotopic (exact) mass is 582 g/mol. The summed E-state index contributed by atoms with van der Waals surface area (Å²) >= 11 is 5.90. The van der Waals surface area contributed by atoms with E-state index >= 15 is 0 Å². The molecule has 41 heavy (non-hydrogen) atoms. The molecule has 0 aliphatic heterocycles. The maximum Gasteiger partial charge on any atom is 0.333 e. The smallest absolute Gasteiger partial charge is 0.333 e. The second kappa shape index (κ2) is 11.8. The Hall–Kier alpha value is -4.12. The minimum atomic E-state index is -2.89. The lowest BCUT2D eigenvalue weighted by atomic mass is 9.85. The number of carbonyl (C=O) groups excluding carboxylic acids is 2. The number of halogens is 3. The molecule has 3 heterocycles. The van der Waals surface area contributed by atoms with Crippen LogP contribution in [0.1, 0.15) is 64.2 Å². The SMILES string of the molecule is CNC(=O)c1ccc(-n2c(=O)n(C[C@H]3CC[C@H](NC(=O)c4cc(Cl)cnc4C(F)F)CC3)c3c(C)cccc32)cn1. The normalized spacial score (nSPS) is 17.1. The van der Waals surface area contributed by atoms with Crippen molar-refractivity contribution >= 4 is 34.4 Å². The Morgan fingerprint density at radius 3 is 2.49 bits per heavy atom. The van der Waals surface area contributed by atoms with Gasteiger partial charge in [-0.3, -0.25) is 23.7 Å². The van der Waals surface area contributed by atoms with E-state index in [4.69, 9.17) is 11.6 Å². The number of carbonyl (C=O) groups is 2. The molecule has 5 rings (SSSR count). The third kappa shape index (κ3) is 5.72. The Labute approximate surface area is 239 Å². The van der Waals surface area contributed by atoms with Gasteiger partial charge in [0.25, 0.3) is 18.2 Å². The molecule has 1 saturated carbocycles. The van der Waals surface area contributed by atoms with E-state index < -0.39 is 18.0 Å².